The Morgan fingerprint density at radius 2 is 2.10 bits per heavy atom. The number of carbonyl (C=O) groups is 1. The summed E-state index contributed by atoms with van der Waals surface area (Å²) in [5, 5.41) is 0. The first kappa shape index (κ1) is 9.15. The van der Waals surface area contributed by atoms with Gasteiger partial charge < -0.3 is 0 Å². The van der Waals surface area contributed by atoms with E-state index in [0.717, 1.165) is 23.9 Å². The standard InChI is InChI=1S/C9H14O/c1-4-6-9(7-10)8(3)5-2/h4,6-7H,5H2,1-3H3/b6-4-,9-8+. The van der Waals surface area contributed by atoms with Crippen LogP contribution in [0.2, 0.25) is 0 Å². The first-order chi connectivity index (χ1) is 4.76. The lowest BCUT2D eigenvalue weighted by Crippen LogP contribution is -1.84. The molecule has 0 radical (unpaired) electrons. The minimum Gasteiger partial charge on any atom is -0.298 e. The van der Waals surface area contributed by atoms with Crippen LogP contribution in [0.15, 0.2) is 23.3 Å². The van der Waals surface area contributed by atoms with E-state index in [-0.39, 0.29) is 0 Å². The summed E-state index contributed by atoms with van der Waals surface area (Å²) in [7, 11) is 0. The van der Waals surface area contributed by atoms with Crippen LogP contribution >= 0.6 is 0 Å². The van der Waals surface area contributed by atoms with Gasteiger partial charge in [-0.15, -0.1) is 0 Å². The fourth-order valence-corrected chi connectivity index (χ4v) is 0.666. The van der Waals surface area contributed by atoms with Crippen molar-refractivity contribution in [3.8, 4) is 0 Å². The average molecular weight is 138 g/mol. The van der Waals surface area contributed by atoms with E-state index in [2.05, 4.69) is 0 Å². The smallest absolute Gasteiger partial charge is 0.149 e. The van der Waals surface area contributed by atoms with Gasteiger partial charge in [-0.05, 0) is 20.3 Å². The largest absolute Gasteiger partial charge is 0.298 e. The van der Waals surface area contributed by atoms with Crippen LogP contribution in [0.1, 0.15) is 27.2 Å². The first-order valence-corrected chi connectivity index (χ1v) is 3.53. The number of allylic oxidation sites excluding steroid dienone is 4. The van der Waals surface area contributed by atoms with Crippen molar-refractivity contribution in [1.29, 1.82) is 0 Å². The molecule has 0 aromatic carbocycles. The maximum Gasteiger partial charge on any atom is 0.149 e. The highest BCUT2D eigenvalue weighted by Gasteiger charge is 1.92. The first-order valence-electron chi connectivity index (χ1n) is 3.53. The normalized spacial score (nSPS) is 13.5. The lowest BCUT2D eigenvalue weighted by Gasteiger charge is -1.96. The van der Waals surface area contributed by atoms with Gasteiger partial charge in [0, 0.05) is 5.57 Å². The molecule has 0 fully saturated rings. The molecule has 0 bridgehead atoms. The minimum absolute atomic E-state index is 0.810. The summed E-state index contributed by atoms with van der Waals surface area (Å²) in [6.07, 6.45) is 5.56. The Hall–Kier alpha value is -0.850. The van der Waals surface area contributed by atoms with Crippen molar-refractivity contribution in [3.05, 3.63) is 23.3 Å². The fourth-order valence-electron chi connectivity index (χ4n) is 0.666. The third-order valence-electron chi connectivity index (χ3n) is 1.50. The predicted molar refractivity (Wildman–Crippen MR) is 43.9 cm³/mol. The van der Waals surface area contributed by atoms with E-state index >= 15 is 0 Å². The van der Waals surface area contributed by atoms with E-state index in [4.69, 9.17) is 0 Å². The van der Waals surface area contributed by atoms with Crippen molar-refractivity contribution in [2.24, 2.45) is 0 Å². The Kier molecular flexibility index (Phi) is 4.55. The van der Waals surface area contributed by atoms with E-state index in [9.17, 15) is 4.79 Å². The lowest BCUT2D eigenvalue weighted by molar-refractivity contribution is -0.104. The van der Waals surface area contributed by atoms with Crippen LogP contribution in [-0.2, 0) is 4.79 Å². The second-order valence-corrected chi connectivity index (χ2v) is 2.21. The van der Waals surface area contributed by atoms with E-state index in [1.165, 1.54) is 0 Å². The number of rotatable bonds is 3. The average Bonchev–Trinajstić information content (AvgIpc) is 1.99. The summed E-state index contributed by atoms with van der Waals surface area (Å²) in [5.41, 5.74) is 1.96. The molecule has 0 saturated heterocycles. The summed E-state index contributed by atoms with van der Waals surface area (Å²) < 4.78 is 0. The van der Waals surface area contributed by atoms with Crippen molar-refractivity contribution < 1.29 is 4.79 Å². The second kappa shape index (κ2) is 4.98. The minimum atomic E-state index is 0.810. The number of hydrogen-bond donors (Lipinski definition) is 0. The molecule has 0 heterocycles. The molecule has 0 rings (SSSR count). The van der Waals surface area contributed by atoms with E-state index in [1.54, 1.807) is 0 Å². The Morgan fingerprint density at radius 1 is 1.50 bits per heavy atom. The molecule has 0 N–H and O–H groups in total. The highest BCUT2D eigenvalue weighted by atomic mass is 16.1. The molecule has 10 heavy (non-hydrogen) atoms. The molecule has 0 aromatic rings. The monoisotopic (exact) mass is 138 g/mol. The van der Waals surface area contributed by atoms with Gasteiger partial charge in [-0.1, -0.05) is 24.6 Å². The molecule has 1 nitrogen and oxygen atoms in total. The molecule has 0 aliphatic carbocycles. The van der Waals surface area contributed by atoms with E-state index in [1.807, 2.05) is 32.9 Å². The summed E-state index contributed by atoms with van der Waals surface area (Å²) in [4.78, 5) is 10.4. The van der Waals surface area contributed by atoms with Gasteiger partial charge >= 0.3 is 0 Å². The van der Waals surface area contributed by atoms with Gasteiger partial charge in [0.05, 0.1) is 0 Å². The van der Waals surface area contributed by atoms with Gasteiger partial charge in [0.1, 0.15) is 6.29 Å². The number of hydrogen-bond acceptors (Lipinski definition) is 1. The molecule has 0 saturated carbocycles. The van der Waals surface area contributed by atoms with Gasteiger partial charge in [-0.3, -0.25) is 4.79 Å². The quantitative estimate of drug-likeness (QED) is 0.332. The van der Waals surface area contributed by atoms with Gasteiger partial charge in [-0.25, -0.2) is 0 Å². The topological polar surface area (TPSA) is 17.1 Å². The van der Waals surface area contributed by atoms with Gasteiger partial charge in [0.2, 0.25) is 0 Å². The van der Waals surface area contributed by atoms with Crippen LogP contribution < -0.4 is 0 Å². The summed E-state index contributed by atoms with van der Waals surface area (Å²) in [6.45, 7) is 5.93. The molecule has 0 atom stereocenters. The van der Waals surface area contributed by atoms with E-state index < -0.39 is 0 Å². The maximum atomic E-state index is 10.4. The SMILES string of the molecule is C/C=C\C(C=O)=C(\C)CC. The molecule has 0 spiro atoms. The zero-order valence-electron chi connectivity index (χ0n) is 6.85. The molecular formula is C9H14O. The van der Waals surface area contributed by atoms with Crippen LogP contribution in [0.25, 0.3) is 0 Å². The van der Waals surface area contributed by atoms with Crippen LogP contribution in [0.3, 0.4) is 0 Å². The predicted octanol–water partition coefficient (Wildman–Crippen LogP) is 2.49. The van der Waals surface area contributed by atoms with Crippen LogP contribution in [-0.4, -0.2) is 6.29 Å². The Balaban J connectivity index is 4.44. The van der Waals surface area contributed by atoms with Gasteiger partial charge in [0.25, 0.3) is 0 Å². The summed E-state index contributed by atoms with van der Waals surface area (Å²) in [6, 6.07) is 0. The molecule has 0 amide bonds. The van der Waals surface area contributed by atoms with Crippen LogP contribution in [0, 0.1) is 0 Å². The summed E-state index contributed by atoms with van der Waals surface area (Å²) in [5.74, 6) is 0. The maximum absolute atomic E-state index is 10.4. The Bertz CT molecular complexity index is 164. The highest BCUT2D eigenvalue weighted by molar-refractivity contribution is 5.78. The lowest BCUT2D eigenvalue weighted by atomic mass is 10.1. The molecule has 0 aliphatic rings. The third kappa shape index (κ3) is 2.62. The molecule has 56 valence electrons. The van der Waals surface area contributed by atoms with Gasteiger partial charge in [-0.2, -0.15) is 0 Å². The Labute approximate surface area is 62.4 Å². The van der Waals surface area contributed by atoms with Crippen molar-refractivity contribution in [2.45, 2.75) is 27.2 Å². The molecule has 1 heteroatoms. The zero-order chi connectivity index (χ0) is 7.98. The van der Waals surface area contributed by atoms with Crippen LogP contribution in [0.5, 0.6) is 0 Å². The van der Waals surface area contributed by atoms with Crippen molar-refractivity contribution in [1.82, 2.24) is 0 Å². The van der Waals surface area contributed by atoms with E-state index in [0.29, 0.717) is 0 Å². The summed E-state index contributed by atoms with van der Waals surface area (Å²) >= 11 is 0. The zero-order valence-corrected chi connectivity index (χ0v) is 6.85. The van der Waals surface area contributed by atoms with Crippen molar-refractivity contribution in [2.75, 3.05) is 0 Å². The Morgan fingerprint density at radius 3 is 2.40 bits per heavy atom. The second-order valence-electron chi connectivity index (χ2n) is 2.21. The van der Waals surface area contributed by atoms with Crippen molar-refractivity contribution >= 4 is 6.29 Å². The molecule has 0 aromatic heterocycles. The number of aldehydes is 1. The number of carbonyl (C=O) groups excluding carboxylic acids is 1. The van der Waals surface area contributed by atoms with Crippen LogP contribution in [0.4, 0.5) is 0 Å². The fraction of sp³-hybridized carbons (Fsp3) is 0.444. The molecular weight excluding hydrogens is 124 g/mol. The molecule has 0 unspecified atom stereocenters. The third-order valence-corrected chi connectivity index (χ3v) is 1.50. The van der Waals surface area contributed by atoms with Gasteiger partial charge in [0.15, 0.2) is 0 Å². The van der Waals surface area contributed by atoms with Crippen molar-refractivity contribution in [3.63, 3.8) is 0 Å². The molecule has 0 aliphatic heterocycles. The highest BCUT2D eigenvalue weighted by Crippen LogP contribution is 2.06.